The molecule has 0 aliphatic rings. The van der Waals surface area contributed by atoms with Gasteiger partial charge in [-0.1, -0.05) is 23.8 Å². The minimum Gasteiger partial charge on any atom is -0.263 e. The minimum atomic E-state index is -3.79. The lowest BCUT2D eigenvalue weighted by molar-refractivity contribution is 0.584. The Labute approximate surface area is 117 Å². The summed E-state index contributed by atoms with van der Waals surface area (Å²) in [5.41, 5.74) is 2.28. The molecular weight excluding hydrogens is 279 g/mol. The summed E-state index contributed by atoms with van der Waals surface area (Å²) in [5.74, 6) is -0.771. The average Bonchev–Trinajstić information content (AvgIpc) is 2.25. The van der Waals surface area contributed by atoms with Crippen molar-refractivity contribution in [3.8, 4) is 0 Å². The van der Waals surface area contributed by atoms with Gasteiger partial charge in [0.1, 0.15) is 5.82 Å². The van der Waals surface area contributed by atoms with Crippen molar-refractivity contribution < 1.29 is 12.8 Å². The molecule has 1 heterocycles. The third-order valence-corrected chi connectivity index (χ3v) is 4.49. The van der Waals surface area contributed by atoms with Crippen LogP contribution in [0.2, 0.25) is 0 Å². The normalized spacial score (nSPS) is 11.4. The lowest BCUT2D eigenvalue weighted by atomic mass is 10.1. The van der Waals surface area contributed by atoms with E-state index in [9.17, 15) is 12.8 Å². The van der Waals surface area contributed by atoms with E-state index >= 15 is 0 Å². The fourth-order valence-corrected chi connectivity index (χ4v) is 3.70. The van der Waals surface area contributed by atoms with Crippen molar-refractivity contribution in [1.29, 1.82) is 0 Å². The van der Waals surface area contributed by atoms with Gasteiger partial charge in [0.25, 0.3) is 10.0 Å². The van der Waals surface area contributed by atoms with Crippen molar-refractivity contribution in [3.05, 3.63) is 53.0 Å². The molecule has 1 aromatic heterocycles. The van der Waals surface area contributed by atoms with Crippen LogP contribution in [0.3, 0.4) is 0 Å². The molecule has 0 amide bonds. The Morgan fingerprint density at radius 1 is 1.10 bits per heavy atom. The molecule has 4 nitrogen and oxygen atoms in total. The first-order chi connectivity index (χ1) is 9.29. The second-order valence-electron chi connectivity index (χ2n) is 4.68. The van der Waals surface area contributed by atoms with Gasteiger partial charge in [0.15, 0.2) is 0 Å². The smallest absolute Gasteiger partial charge is 0.263 e. The average molecular weight is 294 g/mol. The number of halogens is 1. The third kappa shape index (κ3) is 2.96. The number of anilines is 1. The summed E-state index contributed by atoms with van der Waals surface area (Å²) in [4.78, 5) is 3.71. The molecule has 20 heavy (non-hydrogen) atoms. The number of hydrogen-bond acceptors (Lipinski definition) is 3. The van der Waals surface area contributed by atoms with Crippen molar-refractivity contribution in [2.45, 2.75) is 25.7 Å². The van der Waals surface area contributed by atoms with Crippen LogP contribution in [0.25, 0.3) is 0 Å². The van der Waals surface area contributed by atoms with Crippen molar-refractivity contribution in [2.75, 3.05) is 4.72 Å². The van der Waals surface area contributed by atoms with Gasteiger partial charge in [0.2, 0.25) is 5.95 Å². The third-order valence-electron chi connectivity index (χ3n) is 2.83. The van der Waals surface area contributed by atoms with E-state index in [-0.39, 0.29) is 10.7 Å². The molecule has 0 radical (unpaired) electrons. The second-order valence-corrected chi connectivity index (χ2v) is 6.30. The van der Waals surface area contributed by atoms with Gasteiger partial charge in [-0.25, -0.2) is 13.4 Å². The van der Waals surface area contributed by atoms with Crippen LogP contribution in [0.1, 0.15) is 16.7 Å². The van der Waals surface area contributed by atoms with Crippen molar-refractivity contribution in [3.63, 3.8) is 0 Å². The number of benzene rings is 1. The number of rotatable bonds is 3. The predicted molar refractivity (Wildman–Crippen MR) is 75.7 cm³/mol. The summed E-state index contributed by atoms with van der Waals surface area (Å²) in [6.07, 6.45) is 0. The number of aromatic nitrogens is 1. The summed E-state index contributed by atoms with van der Waals surface area (Å²) in [5, 5.41) is 0. The predicted octanol–water partition coefficient (Wildman–Crippen LogP) is 2.95. The molecule has 0 bridgehead atoms. The highest BCUT2D eigenvalue weighted by Crippen LogP contribution is 2.23. The van der Waals surface area contributed by atoms with Gasteiger partial charge in [0.05, 0.1) is 4.90 Å². The second kappa shape index (κ2) is 5.20. The molecule has 1 aromatic carbocycles. The molecule has 106 valence electrons. The summed E-state index contributed by atoms with van der Waals surface area (Å²) < 4.78 is 40.1. The molecule has 0 aliphatic carbocycles. The molecule has 0 saturated heterocycles. The van der Waals surface area contributed by atoms with E-state index in [2.05, 4.69) is 9.71 Å². The molecule has 0 saturated carbocycles. The molecule has 2 aromatic rings. The Morgan fingerprint density at radius 2 is 1.70 bits per heavy atom. The molecule has 2 rings (SSSR count). The summed E-state index contributed by atoms with van der Waals surface area (Å²) >= 11 is 0. The zero-order chi connectivity index (χ0) is 14.9. The maximum Gasteiger partial charge on any atom is 0.263 e. The SMILES string of the molecule is Cc1cc(C)c(S(=O)(=O)Nc2cccc(F)n2)c(C)c1. The topological polar surface area (TPSA) is 59.1 Å². The number of nitrogens with zero attached hydrogens (tertiary/aromatic N) is 1. The zero-order valence-corrected chi connectivity index (χ0v) is 12.3. The fraction of sp³-hybridized carbons (Fsp3) is 0.214. The summed E-state index contributed by atoms with van der Waals surface area (Å²) in [6.45, 7) is 5.36. The number of sulfonamides is 1. The quantitative estimate of drug-likeness (QED) is 0.885. The Bertz CT molecular complexity index is 735. The first-order valence-electron chi connectivity index (χ1n) is 6.03. The fourth-order valence-electron chi connectivity index (χ4n) is 2.24. The summed E-state index contributed by atoms with van der Waals surface area (Å²) in [6, 6.07) is 7.54. The molecule has 0 spiro atoms. The maximum absolute atomic E-state index is 13.0. The number of pyridine rings is 1. The number of hydrogen-bond donors (Lipinski definition) is 1. The number of aryl methyl sites for hydroxylation is 3. The highest BCUT2D eigenvalue weighted by atomic mass is 32.2. The summed E-state index contributed by atoms with van der Waals surface area (Å²) in [7, 11) is -3.79. The van der Waals surface area contributed by atoms with E-state index in [1.54, 1.807) is 26.0 Å². The van der Waals surface area contributed by atoms with Crippen molar-refractivity contribution in [2.24, 2.45) is 0 Å². The Hall–Kier alpha value is -1.95. The van der Waals surface area contributed by atoms with Crippen LogP contribution in [-0.2, 0) is 10.0 Å². The van der Waals surface area contributed by atoms with E-state index in [0.29, 0.717) is 11.1 Å². The van der Waals surface area contributed by atoms with Gasteiger partial charge in [-0.05, 0) is 44.0 Å². The zero-order valence-electron chi connectivity index (χ0n) is 11.4. The van der Waals surface area contributed by atoms with Crippen LogP contribution in [0.4, 0.5) is 10.2 Å². The Morgan fingerprint density at radius 3 is 2.25 bits per heavy atom. The minimum absolute atomic E-state index is 0.0376. The van der Waals surface area contributed by atoms with Gasteiger partial charge >= 0.3 is 0 Å². The van der Waals surface area contributed by atoms with E-state index in [1.807, 2.05) is 6.92 Å². The van der Waals surface area contributed by atoms with Crippen LogP contribution in [0.15, 0.2) is 35.2 Å². The number of nitrogens with one attached hydrogen (secondary N) is 1. The largest absolute Gasteiger partial charge is 0.263 e. The van der Waals surface area contributed by atoms with Gasteiger partial charge in [-0.15, -0.1) is 0 Å². The van der Waals surface area contributed by atoms with Gasteiger partial charge in [0, 0.05) is 0 Å². The van der Waals surface area contributed by atoms with Crippen LogP contribution in [-0.4, -0.2) is 13.4 Å². The van der Waals surface area contributed by atoms with Crippen LogP contribution in [0, 0.1) is 26.7 Å². The molecule has 0 unspecified atom stereocenters. The lowest BCUT2D eigenvalue weighted by Gasteiger charge is -2.13. The van der Waals surface area contributed by atoms with Crippen molar-refractivity contribution in [1.82, 2.24) is 4.98 Å². The van der Waals surface area contributed by atoms with E-state index < -0.39 is 16.0 Å². The molecule has 0 aliphatic heterocycles. The maximum atomic E-state index is 13.0. The van der Waals surface area contributed by atoms with Gasteiger partial charge in [-0.2, -0.15) is 4.39 Å². The Balaban J connectivity index is 2.46. The molecule has 0 fully saturated rings. The lowest BCUT2D eigenvalue weighted by Crippen LogP contribution is -2.17. The van der Waals surface area contributed by atoms with Crippen LogP contribution < -0.4 is 4.72 Å². The highest BCUT2D eigenvalue weighted by Gasteiger charge is 2.20. The first-order valence-corrected chi connectivity index (χ1v) is 7.51. The van der Waals surface area contributed by atoms with Crippen LogP contribution in [0.5, 0.6) is 0 Å². The molecular formula is C14H15FN2O2S. The standard InChI is InChI=1S/C14H15FN2O2S/c1-9-7-10(2)14(11(3)8-9)20(18,19)17-13-6-4-5-12(15)16-13/h4-8H,1-3H3,(H,16,17). The van der Waals surface area contributed by atoms with Gasteiger partial charge < -0.3 is 0 Å². The molecule has 1 N–H and O–H groups in total. The first kappa shape index (κ1) is 14.5. The highest BCUT2D eigenvalue weighted by molar-refractivity contribution is 7.92. The van der Waals surface area contributed by atoms with E-state index in [0.717, 1.165) is 11.6 Å². The monoisotopic (exact) mass is 294 g/mol. The van der Waals surface area contributed by atoms with Gasteiger partial charge in [-0.3, -0.25) is 4.72 Å². The molecule has 6 heteroatoms. The van der Waals surface area contributed by atoms with Crippen molar-refractivity contribution >= 4 is 15.8 Å². The van der Waals surface area contributed by atoms with E-state index in [1.165, 1.54) is 12.1 Å². The Kier molecular flexibility index (Phi) is 3.76. The van der Waals surface area contributed by atoms with E-state index in [4.69, 9.17) is 0 Å². The van der Waals surface area contributed by atoms with Crippen LogP contribution >= 0.6 is 0 Å². The molecule has 0 atom stereocenters.